The summed E-state index contributed by atoms with van der Waals surface area (Å²) < 4.78 is 5.38. The number of carbonyl (C=O) groups excluding carboxylic acids is 1. The molecule has 0 radical (unpaired) electrons. The van der Waals surface area contributed by atoms with E-state index in [0.29, 0.717) is 45.4 Å². The van der Waals surface area contributed by atoms with Gasteiger partial charge in [-0.15, -0.1) is 11.6 Å². The third-order valence-corrected chi connectivity index (χ3v) is 10.1. The predicted molar refractivity (Wildman–Crippen MR) is 180 cm³/mol. The van der Waals surface area contributed by atoms with Crippen molar-refractivity contribution >= 4 is 17.6 Å². The molecule has 0 amide bonds. The van der Waals surface area contributed by atoms with Crippen LogP contribution >= 0.6 is 11.6 Å². The van der Waals surface area contributed by atoms with E-state index in [1.165, 1.54) is 25.7 Å². The van der Waals surface area contributed by atoms with Gasteiger partial charge in [0.2, 0.25) is 0 Å². The van der Waals surface area contributed by atoms with Gasteiger partial charge < -0.3 is 9.84 Å². The van der Waals surface area contributed by atoms with Gasteiger partial charge >= 0.3 is 5.97 Å². The maximum absolute atomic E-state index is 12.1. The van der Waals surface area contributed by atoms with Crippen LogP contribution in [0.4, 0.5) is 0 Å². The third kappa shape index (κ3) is 15.0. The molecular formula is C33H54ClN7O4. The number of rotatable bonds is 26. The Morgan fingerprint density at radius 1 is 0.956 bits per heavy atom. The number of ether oxygens (including phenoxy) is 1. The van der Waals surface area contributed by atoms with Crippen LogP contribution in [0.15, 0.2) is 39.7 Å². The summed E-state index contributed by atoms with van der Waals surface area (Å²) >= 11 is 6.61. The number of nitrogens with zero attached hydrogens (tertiary/aromatic N) is 7. The summed E-state index contributed by atoms with van der Waals surface area (Å²) in [5.74, 6) is -0.125. The van der Waals surface area contributed by atoms with E-state index in [2.05, 4.69) is 37.4 Å². The zero-order chi connectivity index (χ0) is 32.6. The van der Waals surface area contributed by atoms with Crippen molar-refractivity contribution in [3.05, 3.63) is 50.1 Å². The Kier molecular flexibility index (Phi) is 20.3. The van der Waals surface area contributed by atoms with E-state index in [0.717, 1.165) is 70.6 Å². The van der Waals surface area contributed by atoms with Crippen LogP contribution in [0.5, 0.6) is 0 Å². The molecule has 2 aliphatic rings. The Balaban J connectivity index is 1.58. The van der Waals surface area contributed by atoms with E-state index in [1.807, 2.05) is 12.2 Å². The molecule has 12 heteroatoms. The molecule has 2 fully saturated rings. The molecular weight excluding hydrogens is 594 g/mol. The monoisotopic (exact) mass is 647 g/mol. The summed E-state index contributed by atoms with van der Waals surface area (Å²) in [7, 11) is 0. The van der Waals surface area contributed by atoms with E-state index >= 15 is 0 Å². The van der Waals surface area contributed by atoms with Gasteiger partial charge in [-0.05, 0) is 86.6 Å². The topological polar surface area (TPSA) is 173 Å². The minimum Gasteiger partial charge on any atom is -0.466 e. The Labute approximate surface area is 273 Å². The van der Waals surface area contributed by atoms with Gasteiger partial charge in [0.15, 0.2) is 0 Å². The van der Waals surface area contributed by atoms with E-state index in [4.69, 9.17) is 27.4 Å². The van der Waals surface area contributed by atoms with E-state index in [1.54, 1.807) is 0 Å². The van der Waals surface area contributed by atoms with Crippen LogP contribution in [0.3, 0.4) is 0 Å². The summed E-state index contributed by atoms with van der Waals surface area (Å²) in [6.07, 6.45) is 25.0. The largest absolute Gasteiger partial charge is 0.466 e. The number of alkyl halides is 1. The summed E-state index contributed by atoms with van der Waals surface area (Å²) in [5.41, 5.74) is 16.7. The zero-order valence-corrected chi connectivity index (χ0v) is 27.7. The number of aliphatic hydroxyl groups is 1. The summed E-state index contributed by atoms with van der Waals surface area (Å²) in [6.45, 7) is 1.47. The number of azide groups is 2. The van der Waals surface area contributed by atoms with Gasteiger partial charge in [0.25, 0.3) is 0 Å². The lowest BCUT2D eigenvalue weighted by molar-refractivity contribution is -0.143. The molecule has 0 aromatic rings. The molecule has 2 saturated carbocycles. The van der Waals surface area contributed by atoms with Crippen LogP contribution in [0, 0.1) is 22.2 Å². The molecule has 2 rings (SSSR count). The van der Waals surface area contributed by atoms with Crippen molar-refractivity contribution in [3.63, 3.8) is 0 Å². The highest BCUT2D eigenvalue weighted by Crippen LogP contribution is 2.49. The number of esters is 1. The van der Waals surface area contributed by atoms with E-state index in [-0.39, 0.29) is 34.6 Å². The van der Waals surface area contributed by atoms with Gasteiger partial charge in [-0.25, -0.2) is 0 Å². The lowest BCUT2D eigenvalue weighted by Gasteiger charge is -2.44. The van der Waals surface area contributed by atoms with Crippen molar-refractivity contribution in [2.45, 2.75) is 140 Å². The molecule has 252 valence electrons. The average Bonchev–Trinajstić information content (AvgIpc) is 3.28. The van der Waals surface area contributed by atoms with Crippen molar-refractivity contribution in [3.8, 4) is 0 Å². The fourth-order valence-electron chi connectivity index (χ4n) is 6.69. The number of aliphatic hydroxyl groups excluding tert-OH is 1. The Morgan fingerprint density at radius 2 is 1.62 bits per heavy atom. The summed E-state index contributed by atoms with van der Waals surface area (Å²) in [5, 5.41) is 21.2. The van der Waals surface area contributed by atoms with Crippen LogP contribution in [0.1, 0.15) is 122 Å². The highest BCUT2D eigenvalue weighted by atomic mass is 35.5. The summed E-state index contributed by atoms with van der Waals surface area (Å²) in [4.78, 5) is 29.4. The molecule has 0 unspecified atom stereocenters. The number of allylic oxidation sites excluding steroid dienone is 2. The fourth-order valence-corrected chi connectivity index (χ4v) is 7.15. The highest BCUT2D eigenvalue weighted by Gasteiger charge is 2.44. The molecule has 0 bridgehead atoms. The van der Waals surface area contributed by atoms with Gasteiger partial charge in [-0.3, -0.25) is 4.79 Å². The molecule has 0 heterocycles. The molecule has 0 spiro atoms. The minimum atomic E-state index is -0.519. The van der Waals surface area contributed by atoms with Crippen molar-refractivity contribution < 1.29 is 14.6 Å². The normalized spacial score (nSPS) is 22.9. The zero-order valence-electron chi connectivity index (χ0n) is 26.9. The number of nitroso groups, excluding NO2 is 1. The third-order valence-electron chi connectivity index (χ3n) is 9.60. The van der Waals surface area contributed by atoms with E-state index in [9.17, 15) is 14.8 Å². The van der Waals surface area contributed by atoms with Crippen LogP contribution in [-0.4, -0.2) is 48.3 Å². The molecule has 0 aromatic heterocycles. The van der Waals surface area contributed by atoms with Gasteiger partial charge in [0, 0.05) is 40.6 Å². The second-order valence-electron chi connectivity index (χ2n) is 12.7. The first kappa shape index (κ1) is 38.6. The van der Waals surface area contributed by atoms with Crippen LogP contribution in [0.2, 0.25) is 0 Å². The molecule has 1 N–H and O–H groups in total. The predicted octanol–water partition coefficient (Wildman–Crippen LogP) is 10.0. The van der Waals surface area contributed by atoms with E-state index < -0.39 is 6.10 Å². The second kappa shape index (κ2) is 23.7. The first-order chi connectivity index (χ1) is 22.0. The highest BCUT2D eigenvalue weighted by molar-refractivity contribution is 6.21. The van der Waals surface area contributed by atoms with Gasteiger partial charge in [-0.2, -0.15) is 4.91 Å². The Morgan fingerprint density at radius 3 is 2.27 bits per heavy atom. The minimum absolute atomic E-state index is 0.0821. The van der Waals surface area contributed by atoms with Gasteiger partial charge in [0.1, 0.15) is 6.04 Å². The van der Waals surface area contributed by atoms with Crippen LogP contribution < -0.4 is 0 Å². The second-order valence-corrected chi connectivity index (χ2v) is 13.3. The number of halogens is 1. The molecule has 45 heavy (non-hydrogen) atoms. The smallest absolute Gasteiger partial charge is 0.305 e. The maximum atomic E-state index is 12.1. The first-order valence-corrected chi connectivity index (χ1v) is 17.5. The lowest BCUT2D eigenvalue weighted by atomic mass is 9.61. The number of carbonyl (C=O) groups is 1. The number of unbranched alkanes of at least 4 members (excludes halogenated alkanes) is 9. The molecule has 0 saturated heterocycles. The number of hydrogen-bond acceptors (Lipinski definition) is 7. The number of hydrogen-bond donors (Lipinski definition) is 1. The molecule has 0 aliphatic heterocycles. The Bertz CT molecular complexity index is 1010. The standard InChI is InChI=1S/C33H54ClN7O4/c34-29-26-30(42)28(17-14-18-31(39-44)33(20-15-21-33)22-24-38-41-36)27(29)16-10-6-7-11-19-32(43)45-25-13-9-5-3-1-2-4-8-12-23-37-40-35/h6,10,14,17,27-31,42H,1-5,7-9,11-13,15-16,18-26H2/b10-6-,17-14+/t27-,28-,29-,30-,31+/m1/s1. The van der Waals surface area contributed by atoms with Gasteiger partial charge in [0.05, 0.1) is 12.7 Å². The van der Waals surface area contributed by atoms with Crippen molar-refractivity contribution in [2.75, 3.05) is 19.7 Å². The van der Waals surface area contributed by atoms with Crippen molar-refractivity contribution in [2.24, 2.45) is 32.7 Å². The molecule has 2 aliphatic carbocycles. The van der Waals surface area contributed by atoms with Crippen LogP contribution in [0.25, 0.3) is 20.9 Å². The molecule has 11 nitrogen and oxygen atoms in total. The Hall–Kier alpha value is -2.58. The quantitative estimate of drug-likeness (QED) is 0.0144. The molecule has 0 aromatic carbocycles. The maximum Gasteiger partial charge on any atom is 0.305 e. The lowest BCUT2D eigenvalue weighted by Crippen LogP contribution is -2.40. The fraction of sp³-hybridized carbons (Fsp3) is 0.848. The van der Waals surface area contributed by atoms with Gasteiger partial charge in [-0.1, -0.05) is 91.1 Å². The first-order valence-electron chi connectivity index (χ1n) is 17.1. The van der Waals surface area contributed by atoms with Crippen molar-refractivity contribution in [1.82, 2.24) is 0 Å². The molecule has 5 atom stereocenters. The van der Waals surface area contributed by atoms with Crippen molar-refractivity contribution in [1.29, 1.82) is 0 Å². The average molecular weight is 648 g/mol. The van der Waals surface area contributed by atoms with Crippen LogP contribution in [-0.2, 0) is 9.53 Å². The SMILES string of the molecule is [N-]=[N+]=NCCCCCCCCCCCOC(=O)CCC/C=C\C[C@@H]1[C@@H](/C=C/C[C@H](N=O)C2(CCN=[N+]=[N-])CCC2)[C@H](O)C[C@H]1Cl. The summed E-state index contributed by atoms with van der Waals surface area (Å²) in [6, 6.07) is -0.360.